The van der Waals surface area contributed by atoms with Crippen LogP contribution in [0.5, 0.6) is 0 Å². The van der Waals surface area contributed by atoms with E-state index in [1.807, 2.05) is 125 Å². The Morgan fingerprint density at radius 2 is 1.50 bits per heavy atom. The van der Waals surface area contributed by atoms with E-state index < -0.39 is 0 Å². The number of aryl methyl sites for hydroxylation is 2. The topological polar surface area (TPSA) is 79.3 Å². The lowest BCUT2D eigenvalue weighted by atomic mass is 10.1. The fourth-order valence-electron chi connectivity index (χ4n) is 4.80. The summed E-state index contributed by atoms with van der Waals surface area (Å²) >= 11 is 0. The summed E-state index contributed by atoms with van der Waals surface area (Å²) in [5, 5.41) is 12.8. The lowest BCUT2D eigenvalue weighted by Crippen LogP contribution is -2.44. The van der Waals surface area contributed by atoms with Crippen LogP contribution in [0.4, 0.5) is 16.3 Å². The molecule has 4 aromatic carbocycles. The average molecular weight is 532 g/mol. The SMILES string of the molecule is Cc1ccc(-n2nc(C)c(-c3ccccc3)c2NC(=O)CN(C(=O)Nc2cccc3ccccc23)C(C)C)cc1. The Kier molecular flexibility index (Phi) is 7.64. The van der Waals surface area contributed by atoms with Crippen molar-refractivity contribution in [2.24, 2.45) is 0 Å². The number of fused-ring (bicyclic) bond motifs is 1. The van der Waals surface area contributed by atoms with Crippen LogP contribution >= 0.6 is 0 Å². The zero-order chi connectivity index (χ0) is 28.2. The molecule has 40 heavy (non-hydrogen) atoms. The number of urea groups is 1. The molecule has 0 spiro atoms. The zero-order valence-electron chi connectivity index (χ0n) is 23.2. The van der Waals surface area contributed by atoms with Crippen LogP contribution in [0.3, 0.4) is 0 Å². The molecule has 202 valence electrons. The van der Waals surface area contributed by atoms with Gasteiger partial charge >= 0.3 is 6.03 Å². The largest absolute Gasteiger partial charge is 0.322 e. The minimum Gasteiger partial charge on any atom is -0.313 e. The van der Waals surface area contributed by atoms with E-state index in [1.165, 1.54) is 4.90 Å². The maximum Gasteiger partial charge on any atom is 0.322 e. The maximum absolute atomic E-state index is 13.6. The van der Waals surface area contributed by atoms with Crippen LogP contribution in [-0.4, -0.2) is 39.2 Å². The minimum atomic E-state index is -0.340. The van der Waals surface area contributed by atoms with Gasteiger partial charge in [-0.3, -0.25) is 4.79 Å². The molecule has 0 aliphatic carbocycles. The van der Waals surface area contributed by atoms with E-state index in [1.54, 1.807) is 4.68 Å². The average Bonchev–Trinajstić information content (AvgIpc) is 3.27. The fourth-order valence-corrected chi connectivity index (χ4v) is 4.80. The van der Waals surface area contributed by atoms with E-state index in [0.29, 0.717) is 11.5 Å². The third-order valence-corrected chi connectivity index (χ3v) is 6.89. The molecule has 0 radical (unpaired) electrons. The molecule has 0 fully saturated rings. The van der Waals surface area contributed by atoms with Crippen molar-refractivity contribution in [1.29, 1.82) is 0 Å². The van der Waals surface area contributed by atoms with Crippen molar-refractivity contribution < 1.29 is 9.59 Å². The quantitative estimate of drug-likeness (QED) is 0.233. The van der Waals surface area contributed by atoms with Gasteiger partial charge in [-0.2, -0.15) is 5.10 Å². The lowest BCUT2D eigenvalue weighted by molar-refractivity contribution is -0.117. The number of hydrogen-bond donors (Lipinski definition) is 2. The Balaban J connectivity index is 1.43. The number of anilines is 2. The number of amides is 3. The second kappa shape index (κ2) is 11.5. The number of benzene rings is 4. The first-order valence-corrected chi connectivity index (χ1v) is 13.4. The van der Waals surface area contributed by atoms with Crippen molar-refractivity contribution >= 4 is 34.2 Å². The number of aromatic nitrogens is 2. The van der Waals surface area contributed by atoms with E-state index in [4.69, 9.17) is 5.10 Å². The number of hydrogen-bond acceptors (Lipinski definition) is 3. The molecule has 3 amide bonds. The van der Waals surface area contributed by atoms with E-state index in [0.717, 1.165) is 38.8 Å². The van der Waals surface area contributed by atoms with Gasteiger partial charge in [-0.1, -0.05) is 84.4 Å². The van der Waals surface area contributed by atoms with Crippen molar-refractivity contribution in [3.05, 3.63) is 108 Å². The van der Waals surface area contributed by atoms with Gasteiger partial charge in [-0.15, -0.1) is 0 Å². The van der Waals surface area contributed by atoms with Gasteiger partial charge in [0, 0.05) is 17.0 Å². The number of carbonyl (C=O) groups excluding carboxylic acids is 2. The number of nitrogens with one attached hydrogen (secondary N) is 2. The van der Waals surface area contributed by atoms with Gasteiger partial charge < -0.3 is 15.5 Å². The first kappa shape index (κ1) is 26.7. The molecule has 0 aliphatic heterocycles. The standard InChI is InChI=1S/C33H33N5O2/c1-22(2)37(33(40)34-29-16-10-14-25-11-8-9-15-28(25)29)21-30(39)35-32-31(26-12-6-5-7-13-26)24(4)36-38(32)27-19-17-23(3)18-20-27/h5-20,22H,21H2,1-4H3,(H,34,40)(H,35,39). The highest BCUT2D eigenvalue weighted by atomic mass is 16.2. The van der Waals surface area contributed by atoms with Gasteiger partial charge in [-0.25, -0.2) is 9.48 Å². The lowest BCUT2D eigenvalue weighted by Gasteiger charge is -2.27. The summed E-state index contributed by atoms with van der Waals surface area (Å²) in [5.74, 6) is 0.253. The summed E-state index contributed by atoms with van der Waals surface area (Å²) in [7, 11) is 0. The second-order valence-electron chi connectivity index (χ2n) is 10.1. The van der Waals surface area contributed by atoms with Crippen LogP contribution in [0.1, 0.15) is 25.1 Å². The summed E-state index contributed by atoms with van der Waals surface area (Å²) in [6.45, 7) is 7.62. The van der Waals surface area contributed by atoms with Gasteiger partial charge in [0.15, 0.2) is 0 Å². The van der Waals surface area contributed by atoms with Crippen molar-refractivity contribution in [3.63, 3.8) is 0 Å². The third-order valence-electron chi connectivity index (χ3n) is 6.89. The molecule has 0 saturated carbocycles. The molecule has 0 unspecified atom stereocenters. The summed E-state index contributed by atoms with van der Waals surface area (Å²) in [6, 6.07) is 30.9. The molecular weight excluding hydrogens is 498 g/mol. The van der Waals surface area contributed by atoms with Crippen LogP contribution in [0.15, 0.2) is 97.1 Å². The predicted molar refractivity (Wildman–Crippen MR) is 162 cm³/mol. The number of nitrogens with zero attached hydrogens (tertiary/aromatic N) is 3. The Morgan fingerprint density at radius 3 is 2.23 bits per heavy atom. The highest BCUT2D eigenvalue weighted by Crippen LogP contribution is 2.33. The van der Waals surface area contributed by atoms with E-state index in [9.17, 15) is 9.59 Å². The molecule has 1 heterocycles. The van der Waals surface area contributed by atoms with E-state index in [-0.39, 0.29) is 24.5 Å². The summed E-state index contributed by atoms with van der Waals surface area (Å²) in [5.41, 5.74) is 5.24. The first-order valence-electron chi connectivity index (χ1n) is 13.4. The van der Waals surface area contributed by atoms with Crippen molar-refractivity contribution in [1.82, 2.24) is 14.7 Å². The van der Waals surface area contributed by atoms with Crippen LogP contribution in [0.2, 0.25) is 0 Å². The van der Waals surface area contributed by atoms with Gasteiger partial charge in [0.05, 0.1) is 17.1 Å². The Morgan fingerprint density at radius 1 is 0.825 bits per heavy atom. The smallest absolute Gasteiger partial charge is 0.313 e. The highest BCUT2D eigenvalue weighted by molar-refractivity contribution is 6.03. The molecule has 0 bridgehead atoms. The molecule has 7 nitrogen and oxygen atoms in total. The predicted octanol–water partition coefficient (Wildman–Crippen LogP) is 7.19. The van der Waals surface area contributed by atoms with E-state index in [2.05, 4.69) is 10.6 Å². The third kappa shape index (κ3) is 5.59. The van der Waals surface area contributed by atoms with E-state index >= 15 is 0 Å². The summed E-state index contributed by atoms with van der Waals surface area (Å²) in [6.07, 6.45) is 0. The number of rotatable bonds is 7. The number of carbonyl (C=O) groups is 2. The molecule has 7 heteroatoms. The highest BCUT2D eigenvalue weighted by Gasteiger charge is 2.24. The van der Waals surface area contributed by atoms with Crippen LogP contribution in [0.25, 0.3) is 27.6 Å². The molecule has 1 aromatic heterocycles. The molecule has 0 aliphatic rings. The Bertz CT molecular complexity index is 1650. The van der Waals surface area contributed by atoms with Crippen molar-refractivity contribution in [3.8, 4) is 16.8 Å². The van der Waals surface area contributed by atoms with Gasteiger partial charge in [-0.05, 0) is 56.8 Å². The first-order chi connectivity index (χ1) is 19.3. The Labute approximate surface area is 234 Å². The van der Waals surface area contributed by atoms with Crippen LogP contribution < -0.4 is 10.6 Å². The van der Waals surface area contributed by atoms with Gasteiger partial charge in [0.1, 0.15) is 12.4 Å². The maximum atomic E-state index is 13.6. The molecule has 5 aromatic rings. The molecule has 5 rings (SSSR count). The summed E-state index contributed by atoms with van der Waals surface area (Å²) in [4.78, 5) is 28.5. The van der Waals surface area contributed by atoms with Crippen molar-refractivity contribution in [2.45, 2.75) is 33.7 Å². The van der Waals surface area contributed by atoms with Crippen molar-refractivity contribution in [2.75, 3.05) is 17.2 Å². The monoisotopic (exact) mass is 531 g/mol. The van der Waals surface area contributed by atoms with Crippen LogP contribution in [0, 0.1) is 13.8 Å². The van der Waals surface area contributed by atoms with Gasteiger partial charge in [0.25, 0.3) is 0 Å². The normalized spacial score (nSPS) is 11.0. The fraction of sp³-hybridized carbons (Fsp3) is 0.182. The molecule has 0 saturated heterocycles. The van der Waals surface area contributed by atoms with Crippen LogP contribution in [-0.2, 0) is 4.79 Å². The van der Waals surface area contributed by atoms with Gasteiger partial charge in [0.2, 0.25) is 5.91 Å². The molecule has 2 N–H and O–H groups in total. The second-order valence-corrected chi connectivity index (χ2v) is 10.1. The summed E-state index contributed by atoms with van der Waals surface area (Å²) < 4.78 is 1.75. The zero-order valence-corrected chi connectivity index (χ0v) is 23.2. The molecule has 0 atom stereocenters. The minimum absolute atomic E-state index is 0.124. The molecular formula is C33H33N5O2. The Hall–Kier alpha value is -4.91.